The van der Waals surface area contributed by atoms with Gasteiger partial charge in [0.25, 0.3) is 5.91 Å². The molecule has 2 aliphatic rings. The van der Waals surface area contributed by atoms with Crippen molar-refractivity contribution in [2.75, 3.05) is 56.2 Å². The third-order valence-electron chi connectivity index (χ3n) is 5.69. The Labute approximate surface area is 166 Å². The molecule has 6 nitrogen and oxygen atoms in total. The average molecular weight is 380 g/mol. The molecule has 0 spiro atoms. The van der Waals surface area contributed by atoms with Gasteiger partial charge in [-0.2, -0.15) is 0 Å². The van der Waals surface area contributed by atoms with Gasteiger partial charge >= 0.3 is 0 Å². The maximum atomic E-state index is 13.0. The van der Waals surface area contributed by atoms with E-state index in [-0.39, 0.29) is 5.91 Å². The summed E-state index contributed by atoms with van der Waals surface area (Å²) >= 11 is 0. The molecule has 2 fully saturated rings. The van der Waals surface area contributed by atoms with E-state index in [1.54, 1.807) is 13.3 Å². The summed E-state index contributed by atoms with van der Waals surface area (Å²) in [5.41, 5.74) is 2.84. The highest BCUT2D eigenvalue weighted by Crippen LogP contribution is 2.23. The van der Waals surface area contributed by atoms with E-state index in [4.69, 9.17) is 4.74 Å². The largest absolute Gasteiger partial charge is 0.497 e. The van der Waals surface area contributed by atoms with E-state index < -0.39 is 0 Å². The molecule has 0 N–H and O–H groups in total. The van der Waals surface area contributed by atoms with Gasteiger partial charge in [0.05, 0.1) is 7.11 Å². The smallest absolute Gasteiger partial charge is 0.272 e. The topological polar surface area (TPSA) is 48.9 Å². The van der Waals surface area contributed by atoms with Crippen LogP contribution in [0.1, 0.15) is 29.8 Å². The van der Waals surface area contributed by atoms with Crippen LogP contribution in [0.25, 0.3) is 0 Å². The van der Waals surface area contributed by atoms with Crippen LogP contribution in [0.2, 0.25) is 0 Å². The molecule has 4 rings (SSSR count). The van der Waals surface area contributed by atoms with Crippen molar-refractivity contribution in [2.45, 2.75) is 19.3 Å². The van der Waals surface area contributed by atoms with Gasteiger partial charge < -0.3 is 19.4 Å². The third-order valence-corrected chi connectivity index (χ3v) is 5.69. The molecule has 148 valence electrons. The van der Waals surface area contributed by atoms with Gasteiger partial charge in [-0.15, -0.1) is 0 Å². The zero-order chi connectivity index (χ0) is 19.3. The number of ether oxygens (including phenoxy) is 1. The van der Waals surface area contributed by atoms with Crippen LogP contribution in [0, 0.1) is 0 Å². The second-order valence-corrected chi connectivity index (χ2v) is 7.42. The van der Waals surface area contributed by atoms with Gasteiger partial charge in [0, 0.05) is 56.8 Å². The highest BCUT2D eigenvalue weighted by molar-refractivity contribution is 5.93. The Morgan fingerprint density at radius 2 is 1.54 bits per heavy atom. The van der Waals surface area contributed by atoms with Crippen LogP contribution in [0.15, 0.2) is 42.6 Å². The number of pyridine rings is 1. The lowest BCUT2D eigenvalue weighted by atomic mass is 10.1. The van der Waals surface area contributed by atoms with Crippen molar-refractivity contribution in [1.29, 1.82) is 0 Å². The van der Waals surface area contributed by atoms with Crippen LogP contribution >= 0.6 is 0 Å². The number of nitrogens with zero attached hydrogens (tertiary/aromatic N) is 4. The molecule has 0 saturated carbocycles. The van der Waals surface area contributed by atoms with E-state index in [0.717, 1.165) is 43.3 Å². The molecule has 1 aromatic carbocycles. The summed E-state index contributed by atoms with van der Waals surface area (Å²) in [4.78, 5) is 23.9. The number of amides is 1. The van der Waals surface area contributed by atoms with Crippen molar-refractivity contribution in [3.05, 3.63) is 48.3 Å². The van der Waals surface area contributed by atoms with Crippen LogP contribution in [0.5, 0.6) is 5.75 Å². The minimum Gasteiger partial charge on any atom is -0.497 e. The minimum absolute atomic E-state index is 0.0354. The van der Waals surface area contributed by atoms with Gasteiger partial charge in [0.1, 0.15) is 11.4 Å². The predicted molar refractivity (Wildman–Crippen MR) is 111 cm³/mol. The summed E-state index contributed by atoms with van der Waals surface area (Å²) in [7, 11) is 1.67. The Morgan fingerprint density at radius 3 is 2.21 bits per heavy atom. The number of carbonyl (C=O) groups excluding carboxylic acids is 1. The first-order chi connectivity index (χ1) is 13.7. The van der Waals surface area contributed by atoms with Gasteiger partial charge in [-0.1, -0.05) is 0 Å². The zero-order valence-corrected chi connectivity index (χ0v) is 16.5. The molecule has 0 aliphatic carbocycles. The molecule has 1 amide bonds. The van der Waals surface area contributed by atoms with Crippen molar-refractivity contribution in [3.63, 3.8) is 0 Å². The first-order valence-corrected chi connectivity index (χ1v) is 10.1. The zero-order valence-electron chi connectivity index (χ0n) is 16.5. The molecule has 6 heteroatoms. The van der Waals surface area contributed by atoms with E-state index >= 15 is 0 Å². The number of rotatable bonds is 4. The van der Waals surface area contributed by atoms with E-state index in [2.05, 4.69) is 26.9 Å². The molecule has 1 aromatic heterocycles. The summed E-state index contributed by atoms with van der Waals surface area (Å²) in [6.07, 6.45) is 5.51. The molecule has 28 heavy (non-hydrogen) atoms. The second kappa shape index (κ2) is 8.50. The summed E-state index contributed by atoms with van der Waals surface area (Å²) in [6.45, 7) is 5.20. The number of methoxy groups -OCH3 is 1. The molecule has 0 bridgehead atoms. The van der Waals surface area contributed by atoms with Crippen molar-refractivity contribution in [2.24, 2.45) is 0 Å². The van der Waals surface area contributed by atoms with E-state index in [1.165, 1.54) is 19.3 Å². The monoisotopic (exact) mass is 380 g/mol. The van der Waals surface area contributed by atoms with E-state index in [0.29, 0.717) is 18.8 Å². The number of hydrogen-bond donors (Lipinski definition) is 0. The highest BCUT2D eigenvalue weighted by atomic mass is 16.5. The minimum atomic E-state index is 0.0354. The quantitative estimate of drug-likeness (QED) is 0.816. The molecular formula is C22H28N4O2. The fourth-order valence-corrected chi connectivity index (χ4v) is 4.01. The fourth-order valence-electron chi connectivity index (χ4n) is 4.01. The van der Waals surface area contributed by atoms with Crippen LogP contribution in [0.3, 0.4) is 0 Å². The molecule has 2 aliphatic heterocycles. The lowest BCUT2D eigenvalue weighted by molar-refractivity contribution is 0.0741. The average Bonchev–Trinajstić information content (AvgIpc) is 2.79. The molecule has 2 aromatic rings. The van der Waals surface area contributed by atoms with E-state index in [9.17, 15) is 4.79 Å². The number of carbonyl (C=O) groups is 1. The van der Waals surface area contributed by atoms with Gasteiger partial charge in [-0.05, 0) is 55.7 Å². The lowest BCUT2D eigenvalue weighted by Gasteiger charge is -2.36. The summed E-state index contributed by atoms with van der Waals surface area (Å²) < 4.78 is 5.23. The maximum absolute atomic E-state index is 13.0. The molecule has 0 unspecified atom stereocenters. The second-order valence-electron chi connectivity index (χ2n) is 7.42. The number of benzene rings is 1. The molecule has 0 radical (unpaired) electrons. The van der Waals surface area contributed by atoms with Crippen LogP contribution in [0.4, 0.5) is 11.4 Å². The van der Waals surface area contributed by atoms with Crippen molar-refractivity contribution >= 4 is 17.3 Å². The Balaban J connectivity index is 1.38. The number of anilines is 2. The summed E-state index contributed by atoms with van der Waals surface area (Å²) in [6, 6.07) is 12.1. The number of hydrogen-bond acceptors (Lipinski definition) is 5. The third kappa shape index (κ3) is 4.06. The summed E-state index contributed by atoms with van der Waals surface area (Å²) in [5.74, 6) is 0.894. The molecule has 2 saturated heterocycles. The molecule has 0 atom stereocenters. The number of aromatic nitrogens is 1. The SMILES string of the molecule is COc1ccc(N2CCN(C(=O)c3cc(N4CCCCC4)ccn3)CC2)cc1. The van der Waals surface area contributed by atoms with Crippen LogP contribution < -0.4 is 14.5 Å². The van der Waals surface area contributed by atoms with Crippen molar-refractivity contribution < 1.29 is 9.53 Å². The number of piperidine rings is 1. The normalized spacial score (nSPS) is 17.5. The Kier molecular flexibility index (Phi) is 5.65. The Bertz CT molecular complexity index is 794. The number of piperazine rings is 1. The summed E-state index contributed by atoms with van der Waals surface area (Å²) in [5, 5.41) is 0. The predicted octanol–water partition coefficient (Wildman–Crippen LogP) is 3.04. The van der Waals surface area contributed by atoms with E-state index in [1.807, 2.05) is 29.2 Å². The Morgan fingerprint density at radius 1 is 0.857 bits per heavy atom. The fraction of sp³-hybridized carbons (Fsp3) is 0.455. The van der Waals surface area contributed by atoms with Gasteiger partial charge in [0.15, 0.2) is 0 Å². The van der Waals surface area contributed by atoms with Gasteiger partial charge in [-0.25, -0.2) is 0 Å². The first kappa shape index (κ1) is 18.6. The van der Waals surface area contributed by atoms with Gasteiger partial charge in [-0.3, -0.25) is 9.78 Å². The molecule has 3 heterocycles. The molecular weight excluding hydrogens is 352 g/mol. The Hall–Kier alpha value is -2.76. The highest BCUT2D eigenvalue weighted by Gasteiger charge is 2.24. The van der Waals surface area contributed by atoms with Crippen LogP contribution in [-0.2, 0) is 0 Å². The van der Waals surface area contributed by atoms with Crippen molar-refractivity contribution in [1.82, 2.24) is 9.88 Å². The van der Waals surface area contributed by atoms with Gasteiger partial charge in [0.2, 0.25) is 0 Å². The van der Waals surface area contributed by atoms with Crippen molar-refractivity contribution in [3.8, 4) is 5.75 Å². The first-order valence-electron chi connectivity index (χ1n) is 10.1. The maximum Gasteiger partial charge on any atom is 0.272 e. The standard InChI is InChI=1S/C22H28N4O2/c1-28-20-7-5-18(6-8-20)25-13-15-26(16-14-25)22(27)21-17-19(9-10-23-21)24-11-3-2-4-12-24/h5-10,17H,2-4,11-16H2,1H3. The van der Waals surface area contributed by atoms with Crippen LogP contribution in [-0.4, -0.2) is 62.2 Å². The lowest BCUT2D eigenvalue weighted by Crippen LogP contribution is -2.49.